The normalized spacial score (nSPS) is 14.5. The molecule has 2 aromatic heterocycles. The number of hydrogen-bond donors (Lipinski definition) is 6. The molecule has 8 rings (SSSR count). The van der Waals surface area contributed by atoms with E-state index in [2.05, 4.69) is 51.2 Å². The first-order valence-corrected chi connectivity index (χ1v) is 23.1. The molecule has 0 amide bonds. The van der Waals surface area contributed by atoms with Gasteiger partial charge in [0.1, 0.15) is 21.3 Å². The third kappa shape index (κ3) is 11.5. The molecule has 4 heterocycles. The summed E-state index contributed by atoms with van der Waals surface area (Å²) in [5.74, 6) is 2.54. The molecular formula is C42H44N12O10S2. The first-order chi connectivity index (χ1) is 31.8. The van der Waals surface area contributed by atoms with Crippen LogP contribution in [0, 0.1) is 0 Å². The molecule has 2 fully saturated rings. The first kappa shape index (κ1) is 45.4. The Labute approximate surface area is 379 Å². The van der Waals surface area contributed by atoms with Crippen molar-refractivity contribution >= 4 is 90.8 Å². The lowest BCUT2D eigenvalue weighted by molar-refractivity contribution is 0.122. The Hall–Kier alpha value is -7.22. The van der Waals surface area contributed by atoms with Gasteiger partial charge in [-0.3, -0.25) is 9.11 Å². The molecule has 22 nitrogen and oxygen atoms in total. The number of nitrogens with one attached hydrogen (secondary N) is 4. The minimum Gasteiger partial charge on any atom is -0.497 e. The molecular weight excluding hydrogens is 897 g/mol. The van der Waals surface area contributed by atoms with E-state index in [1.165, 1.54) is 48.6 Å². The second-order valence-corrected chi connectivity index (χ2v) is 17.3. The Morgan fingerprint density at radius 2 is 0.818 bits per heavy atom. The number of nitrogens with zero attached hydrogens (tertiary/aromatic N) is 8. The van der Waals surface area contributed by atoms with Gasteiger partial charge in [0.15, 0.2) is 0 Å². The molecule has 0 atom stereocenters. The third-order valence-electron chi connectivity index (χ3n) is 10.1. The van der Waals surface area contributed by atoms with E-state index in [0.717, 1.165) is 0 Å². The van der Waals surface area contributed by atoms with Crippen LogP contribution >= 0.6 is 0 Å². The maximum Gasteiger partial charge on any atom is 0.295 e. The van der Waals surface area contributed by atoms with Crippen molar-refractivity contribution < 1.29 is 44.9 Å². The molecule has 66 heavy (non-hydrogen) atoms. The van der Waals surface area contributed by atoms with Crippen LogP contribution in [0.2, 0.25) is 0 Å². The lowest BCUT2D eigenvalue weighted by atomic mass is 10.1. The van der Waals surface area contributed by atoms with Crippen LogP contribution in [0.4, 0.5) is 58.4 Å². The van der Waals surface area contributed by atoms with Gasteiger partial charge < -0.3 is 50.0 Å². The second-order valence-electron chi connectivity index (χ2n) is 14.5. The van der Waals surface area contributed by atoms with Gasteiger partial charge in [0.25, 0.3) is 20.2 Å². The Balaban J connectivity index is 1.06. The number of benzene rings is 4. The standard InChI is InChI=1S/C42H44N12O10S2/c1-61-33-13-9-29(10-14-33)43-37-47-39(51-41(49-37)53-17-21-63-22-18-53)45-31-7-5-27(35(25-31)65(55,56)57)3-4-28-6-8-32(26-36(28)66(58,59)60)46-40-48-38(44-30-11-15-34(62-2)16-12-30)50-42(52-40)54-19-23-64-24-20-54/h3-16,25-26H,17-24H2,1-2H3,(H,55,56,57)(H,58,59,60)(H2,43,45,47,49,51)(H2,44,46,48,50,52). The van der Waals surface area contributed by atoms with Gasteiger partial charge in [-0.05, 0) is 83.9 Å². The van der Waals surface area contributed by atoms with Crippen LogP contribution in [0.15, 0.2) is 94.7 Å². The Bertz CT molecular complexity index is 2740. The van der Waals surface area contributed by atoms with Crippen LogP contribution in [0.5, 0.6) is 11.5 Å². The van der Waals surface area contributed by atoms with Gasteiger partial charge in [-0.1, -0.05) is 24.3 Å². The molecule has 0 aliphatic carbocycles. The van der Waals surface area contributed by atoms with Crippen molar-refractivity contribution in [3.63, 3.8) is 0 Å². The summed E-state index contributed by atoms with van der Waals surface area (Å²) in [5, 5.41) is 12.3. The van der Waals surface area contributed by atoms with Gasteiger partial charge in [0, 0.05) is 48.9 Å². The van der Waals surface area contributed by atoms with Crippen LogP contribution in [-0.2, 0) is 29.7 Å². The van der Waals surface area contributed by atoms with Crippen LogP contribution in [0.3, 0.4) is 0 Å². The predicted octanol–water partition coefficient (Wildman–Crippen LogP) is 5.39. The number of rotatable bonds is 16. The molecule has 24 heteroatoms. The zero-order chi connectivity index (χ0) is 46.3. The first-order valence-electron chi connectivity index (χ1n) is 20.2. The predicted molar refractivity (Wildman–Crippen MR) is 246 cm³/mol. The van der Waals surface area contributed by atoms with Crippen molar-refractivity contribution in [1.29, 1.82) is 0 Å². The van der Waals surface area contributed by atoms with Gasteiger partial charge in [-0.2, -0.15) is 46.7 Å². The average molecular weight is 941 g/mol. The monoisotopic (exact) mass is 940 g/mol. The molecule has 0 unspecified atom stereocenters. The highest BCUT2D eigenvalue weighted by Gasteiger charge is 2.22. The molecule has 6 N–H and O–H groups in total. The Kier molecular flexibility index (Phi) is 13.7. The third-order valence-corrected chi connectivity index (χ3v) is 11.9. The Morgan fingerprint density at radius 3 is 1.14 bits per heavy atom. The fourth-order valence-electron chi connectivity index (χ4n) is 6.75. The van der Waals surface area contributed by atoms with E-state index in [0.29, 0.717) is 87.4 Å². The van der Waals surface area contributed by atoms with Crippen molar-refractivity contribution in [3.05, 3.63) is 96.1 Å². The van der Waals surface area contributed by atoms with Gasteiger partial charge in [0.05, 0.1) is 40.6 Å². The van der Waals surface area contributed by atoms with Crippen molar-refractivity contribution in [1.82, 2.24) is 29.9 Å². The molecule has 0 radical (unpaired) electrons. The van der Waals surface area contributed by atoms with Crippen LogP contribution < -0.4 is 40.5 Å². The quantitative estimate of drug-likeness (QED) is 0.0524. The van der Waals surface area contributed by atoms with Gasteiger partial charge >= 0.3 is 0 Å². The second kappa shape index (κ2) is 19.9. The number of morpholine rings is 2. The van der Waals surface area contributed by atoms with E-state index in [-0.39, 0.29) is 46.3 Å². The number of methoxy groups -OCH3 is 2. The van der Waals surface area contributed by atoms with Crippen LogP contribution in [-0.4, -0.2) is 123 Å². The summed E-state index contributed by atoms with van der Waals surface area (Å²) in [7, 11) is -6.58. The number of ether oxygens (including phenoxy) is 4. The van der Waals surface area contributed by atoms with Crippen molar-refractivity contribution in [2.45, 2.75) is 9.79 Å². The summed E-state index contributed by atoms with van der Waals surface area (Å²) < 4.78 is 93.4. The maximum atomic E-state index is 12.8. The molecule has 2 aliphatic heterocycles. The van der Waals surface area contributed by atoms with Crippen molar-refractivity contribution in [2.75, 3.05) is 97.9 Å². The summed E-state index contributed by atoms with van der Waals surface area (Å²) in [6, 6.07) is 22.5. The number of aromatic nitrogens is 6. The van der Waals surface area contributed by atoms with Crippen LogP contribution in [0.25, 0.3) is 12.2 Å². The maximum absolute atomic E-state index is 12.8. The molecule has 0 spiro atoms. The molecule has 344 valence electrons. The van der Waals surface area contributed by atoms with Crippen LogP contribution in [0.1, 0.15) is 11.1 Å². The summed E-state index contributed by atoms with van der Waals surface area (Å²) in [6.45, 7) is 3.98. The van der Waals surface area contributed by atoms with E-state index < -0.39 is 30.0 Å². The summed E-state index contributed by atoms with van der Waals surface area (Å²) >= 11 is 0. The van der Waals surface area contributed by atoms with Gasteiger partial charge in [-0.15, -0.1) is 0 Å². The van der Waals surface area contributed by atoms with Crippen molar-refractivity contribution in [2.24, 2.45) is 0 Å². The summed E-state index contributed by atoms with van der Waals surface area (Å²) in [6.07, 6.45) is 2.58. The van der Waals surface area contributed by atoms with Gasteiger partial charge in [-0.25, -0.2) is 0 Å². The zero-order valence-corrected chi connectivity index (χ0v) is 37.1. The minimum atomic E-state index is -4.86. The topological polar surface area (TPSA) is 278 Å². The lowest BCUT2D eigenvalue weighted by Crippen LogP contribution is -2.37. The SMILES string of the molecule is COc1ccc(Nc2nc(Nc3ccc(C=Cc4ccc(Nc5nc(Nc6ccc(OC)cc6)nc(N6CCOCC6)n5)cc4S(=O)(=O)O)c(S(=O)(=O)O)c3)nc(N3CCOCC3)n2)cc1. The molecule has 2 aliphatic rings. The van der Waals surface area contributed by atoms with Gasteiger partial charge in [0.2, 0.25) is 35.7 Å². The molecule has 0 saturated carbocycles. The van der Waals surface area contributed by atoms with E-state index in [1.807, 2.05) is 9.80 Å². The van der Waals surface area contributed by atoms with E-state index in [9.17, 15) is 25.9 Å². The molecule has 4 aromatic carbocycles. The van der Waals surface area contributed by atoms with Crippen molar-refractivity contribution in [3.8, 4) is 11.5 Å². The highest BCUT2D eigenvalue weighted by Crippen LogP contribution is 2.30. The number of hydrogen-bond acceptors (Lipinski definition) is 20. The van der Waals surface area contributed by atoms with E-state index in [4.69, 9.17) is 18.9 Å². The summed E-state index contributed by atoms with van der Waals surface area (Å²) in [5.41, 5.74) is 1.72. The smallest absolute Gasteiger partial charge is 0.295 e. The number of anilines is 10. The van der Waals surface area contributed by atoms with E-state index in [1.54, 1.807) is 62.8 Å². The largest absolute Gasteiger partial charge is 0.497 e. The average Bonchev–Trinajstić information content (AvgIpc) is 3.31. The molecule has 0 bridgehead atoms. The Morgan fingerprint density at radius 1 is 0.500 bits per heavy atom. The van der Waals surface area contributed by atoms with E-state index >= 15 is 0 Å². The summed E-state index contributed by atoms with van der Waals surface area (Å²) in [4.78, 5) is 30.1. The zero-order valence-electron chi connectivity index (χ0n) is 35.4. The fourth-order valence-corrected chi connectivity index (χ4v) is 8.17. The lowest BCUT2D eigenvalue weighted by Gasteiger charge is -2.27. The molecule has 6 aromatic rings. The molecule has 2 saturated heterocycles. The highest BCUT2D eigenvalue weighted by atomic mass is 32.2. The minimum absolute atomic E-state index is 0.00392. The highest BCUT2D eigenvalue weighted by molar-refractivity contribution is 7.86. The fraction of sp³-hybridized carbons (Fsp3) is 0.238.